The van der Waals surface area contributed by atoms with Crippen LogP contribution in [0.1, 0.15) is 39.0 Å². The van der Waals surface area contributed by atoms with E-state index in [2.05, 4.69) is 17.1 Å². The van der Waals surface area contributed by atoms with Gasteiger partial charge in [0, 0.05) is 19.1 Å². The highest BCUT2D eigenvalue weighted by Crippen LogP contribution is 2.25. The number of nitrogens with one attached hydrogen (secondary N) is 1. The summed E-state index contributed by atoms with van der Waals surface area (Å²) in [6.07, 6.45) is 5.89. The van der Waals surface area contributed by atoms with E-state index in [-0.39, 0.29) is 6.10 Å². The maximum absolute atomic E-state index is 9.98. The molecular weight excluding hydrogens is 200 g/mol. The van der Waals surface area contributed by atoms with Crippen LogP contribution in [-0.4, -0.2) is 48.3 Å². The fourth-order valence-electron chi connectivity index (χ4n) is 3.21. The summed E-state index contributed by atoms with van der Waals surface area (Å²) in [5, 5.41) is 13.4. The molecule has 94 valence electrons. The zero-order valence-electron chi connectivity index (χ0n) is 10.5. The van der Waals surface area contributed by atoms with Gasteiger partial charge in [0.25, 0.3) is 0 Å². The highest BCUT2D eigenvalue weighted by atomic mass is 16.3. The smallest absolute Gasteiger partial charge is 0.0592 e. The summed E-state index contributed by atoms with van der Waals surface area (Å²) >= 11 is 0. The van der Waals surface area contributed by atoms with E-state index >= 15 is 0 Å². The Kier molecular flexibility index (Phi) is 4.62. The molecule has 2 aliphatic rings. The van der Waals surface area contributed by atoms with Crippen LogP contribution in [0.15, 0.2) is 0 Å². The lowest BCUT2D eigenvalue weighted by atomic mass is 9.89. The van der Waals surface area contributed by atoms with E-state index in [4.69, 9.17) is 0 Å². The summed E-state index contributed by atoms with van der Waals surface area (Å²) in [6.45, 7) is 6.78. The molecule has 0 amide bonds. The number of aliphatic hydroxyl groups is 1. The predicted octanol–water partition coefficient (Wildman–Crippen LogP) is 1.22. The summed E-state index contributed by atoms with van der Waals surface area (Å²) in [7, 11) is 0. The second-order valence-corrected chi connectivity index (χ2v) is 5.38. The Morgan fingerprint density at radius 1 is 1.25 bits per heavy atom. The Bertz CT molecular complexity index is 204. The van der Waals surface area contributed by atoms with Crippen molar-refractivity contribution in [2.24, 2.45) is 5.92 Å². The molecule has 2 atom stereocenters. The zero-order valence-corrected chi connectivity index (χ0v) is 10.5. The molecule has 0 aromatic heterocycles. The molecule has 0 aromatic carbocycles. The number of nitrogens with zero attached hydrogens (tertiary/aromatic N) is 1. The topological polar surface area (TPSA) is 35.5 Å². The van der Waals surface area contributed by atoms with Gasteiger partial charge >= 0.3 is 0 Å². The first-order chi connectivity index (χ1) is 7.81. The first-order valence-electron chi connectivity index (χ1n) is 6.94. The molecule has 0 spiro atoms. The first-order valence-corrected chi connectivity index (χ1v) is 6.94. The van der Waals surface area contributed by atoms with Gasteiger partial charge in [0.1, 0.15) is 0 Å². The molecule has 2 heterocycles. The molecule has 3 heteroatoms. The Hall–Kier alpha value is -0.120. The lowest BCUT2D eigenvalue weighted by Gasteiger charge is -2.42. The van der Waals surface area contributed by atoms with Crippen LogP contribution in [0.3, 0.4) is 0 Å². The molecule has 0 unspecified atom stereocenters. The second-order valence-electron chi connectivity index (χ2n) is 5.38. The van der Waals surface area contributed by atoms with E-state index in [1.165, 1.54) is 38.8 Å². The fraction of sp³-hybridized carbons (Fsp3) is 1.00. The largest absolute Gasteiger partial charge is 0.393 e. The van der Waals surface area contributed by atoms with E-state index in [9.17, 15) is 5.11 Å². The number of likely N-dealkylation sites (tertiary alicyclic amines) is 1. The van der Waals surface area contributed by atoms with Crippen LogP contribution in [0.25, 0.3) is 0 Å². The minimum atomic E-state index is -0.0436. The van der Waals surface area contributed by atoms with Crippen molar-refractivity contribution in [3.63, 3.8) is 0 Å². The van der Waals surface area contributed by atoms with Crippen LogP contribution < -0.4 is 5.32 Å². The molecule has 0 bridgehead atoms. The summed E-state index contributed by atoms with van der Waals surface area (Å²) in [4.78, 5) is 2.63. The minimum Gasteiger partial charge on any atom is -0.393 e. The Morgan fingerprint density at radius 3 is 2.69 bits per heavy atom. The number of piperidine rings is 2. The number of rotatable bonds is 3. The highest BCUT2D eigenvalue weighted by Gasteiger charge is 2.31. The van der Waals surface area contributed by atoms with Gasteiger partial charge in [-0.3, -0.25) is 4.90 Å². The Labute approximate surface area is 99.2 Å². The van der Waals surface area contributed by atoms with Crippen molar-refractivity contribution in [1.82, 2.24) is 10.2 Å². The molecule has 0 aliphatic carbocycles. The molecule has 2 fully saturated rings. The zero-order chi connectivity index (χ0) is 11.4. The van der Waals surface area contributed by atoms with Crippen molar-refractivity contribution in [3.8, 4) is 0 Å². The van der Waals surface area contributed by atoms with Gasteiger partial charge in [-0.25, -0.2) is 0 Å². The molecular formula is C13H26N2O. The Morgan fingerprint density at radius 2 is 2.00 bits per heavy atom. The van der Waals surface area contributed by atoms with Crippen LogP contribution in [0.4, 0.5) is 0 Å². The molecule has 2 saturated heterocycles. The molecule has 2 N–H and O–H groups in total. The van der Waals surface area contributed by atoms with Crippen molar-refractivity contribution in [3.05, 3.63) is 0 Å². The average molecular weight is 226 g/mol. The average Bonchev–Trinajstić information content (AvgIpc) is 2.33. The third-order valence-electron chi connectivity index (χ3n) is 4.21. The standard InChI is InChI=1S/C13H26N2O/c1-2-3-11-10-15(9-6-13(11)16)12-4-7-14-8-5-12/h11-14,16H,2-10H2,1H3/t11-,13-/m1/s1. The third-order valence-corrected chi connectivity index (χ3v) is 4.21. The van der Waals surface area contributed by atoms with Gasteiger partial charge in [0.05, 0.1) is 6.10 Å². The third kappa shape index (κ3) is 2.96. The van der Waals surface area contributed by atoms with E-state index in [1.807, 2.05) is 0 Å². The lowest BCUT2D eigenvalue weighted by molar-refractivity contribution is 0.000682. The van der Waals surface area contributed by atoms with Crippen molar-refractivity contribution in [2.75, 3.05) is 26.2 Å². The van der Waals surface area contributed by atoms with Gasteiger partial charge < -0.3 is 10.4 Å². The van der Waals surface area contributed by atoms with Gasteiger partial charge in [-0.1, -0.05) is 13.3 Å². The predicted molar refractivity (Wildman–Crippen MR) is 66.5 cm³/mol. The van der Waals surface area contributed by atoms with Gasteiger partial charge in [-0.05, 0) is 44.7 Å². The lowest BCUT2D eigenvalue weighted by Crippen LogP contribution is -2.50. The second kappa shape index (κ2) is 5.99. The minimum absolute atomic E-state index is 0.0436. The maximum Gasteiger partial charge on any atom is 0.0592 e. The monoisotopic (exact) mass is 226 g/mol. The number of hydrogen-bond donors (Lipinski definition) is 2. The molecule has 2 aliphatic heterocycles. The van der Waals surface area contributed by atoms with Crippen LogP contribution in [0.2, 0.25) is 0 Å². The molecule has 16 heavy (non-hydrogen) atoms. The van der Waals surface area contributed by atoms with E-state index in [1.54, 1.807) is 0 Å². The maximum atomic E-state index is 9.98. The number of hydrogen-bond acceptors (Lipinski definition) is 3. The molecule has 3 nitrogen and oxygen atoms in total. The fourth-order valence-corrected chi connectivity index (χ4v) is 3.21. The summed E-state index contributed by atoms with van der Waals surface area (Å²) < 4.78 is 0. The molecule has 0 aromatic rings. The Balaban J connectivity index is 1.86. The van der Waals surface area contributed by atoms with Crippen LogP contribution in [0, 0.1) is 5.92 Å². The van der Waals surface area contributed by atoms with Gasteiger partial charge in [-0.2, -0.15) is 0 Å². The molecule has 0 radical (unpaired) electrons. The van der Waals surface area contributed by atoms with Crippen LogP contribution >= 0.6 is 0 Å². The van der Waals surface area contributed by atoms with Gasteiger partial charge in [0.15, 0.2) is 0 Å². The van der Waals surface area contributed by atoms with Crippen LogP contribution in [-0.2, 0) is 0 Å². The normalized spacial score (nSPS) is 34.1. The quantitative estimate of drug-likeness (QED) is 0.759. The number of aliphatic hydroxyl groups excluding tert-OH is 1. The van der Waals surface area contributed by atoms with Crippen LogP contribution in [0.5, 0.6) is 0 Å². The van der Waals surface area contributed by atoms with E-state index in [0.29, 0.717) is 5.92 Å². The molecule has 2 rings (SSSR count). The van der Waals surface area contributed by atoms with Gasteiger partial charge in [-0.15, -0.1) is 0 Å². The van der Waals surface area contributed by atoms with E-state index < -0.39 is 0 Å². The SMILES string of the molecule is CCC[C@@H]1CN(C2CCNCC2)CC[C@H]1O. The van der Waals surface area contributed by atoms with Crippen molar-refractivity contribution < 1.29 is 5.11 Å². The van der Waals surface area contributed by atoms with Crippen molar-refractivity contribution in [2.45, 2.75) is 51.2 Å². The highest BCUT2D eigenvalue weighted by molar-refractivity contribution is 4.85. The summed E-state index contributed by atoms with van der Waals surface area (Å²) in [5.41, 5.74) is 0. The summed E-state index contributed by atoms with van der Waals surface area (Å²) in [6, 6.07) is 0.771. The van der Waals surface area contributed by atoms with Crippen molar-refractivity contribution >= 4 is 0 Å². The summed E-state index contributed by atoms with van der Waals surface area (Å²) in [5.74, 6) is 0.522. The van der Waals surface area contributed by atoms with Crippen molar-refractivity contribution in [1.29, 1.82) is 0 Å². The molecule has 0 saturated carbocycles. The van der Waals surface area contributed by atoms with Gasteiger partial charge in [0.2, 0.25) is 0 Å². The first kappa shape index (κ1) is 12.3. The van der Waals surface area contributed by atoms with E-state index in [0.717, 1.165) is 25.6 Å².